The molecule has 0 radical (unpaired) electrons. The van der Waals surface area contributed by atoms with E-state index in [4.69, 9.17) is 4.74 Å². The van der Waals surface area contributed by atoms with Gasteiger partial charge in [0.2, 0.25) is 0 Å². The maximum absolute atomic E-state index is 12.7. The van der Waals surface area contributed by atoms with E-state index in [0.29, 0.717) is 6.16 Å². The second kappa shape index (κ2) is 7.41. The summed E-state index contributed by atoms with van der Waals surface area (Å²) >= 11 is 0. The molecule has 0 unspecified atom stereocenters. The molecule has 0 aromatic heterocycles. The molecule has 3 nitrogen and oxygen atoms in total. The van der Waals surface area contributed by atoms with Crippen molar-refractivity contribution >= 4 is 28.7 Å². The molecule has 0 bridgehead atoms. The monoisotopic (exact) mass is 366 g/mol. The predicted molar refractivity (Wildman–Crippen MR) is 109 cm³/mol. The van der Waals surface area contributed by atoms with E-state index >= 15 is 0 Å². The second-order valence-electron chi connectivity index (χ2n) is 6.31. The van der Waals surface area contributed by atoms with Gasteiger partial charge in [-0.05, 0) is 0 Å². The molecule has 1 N–H and O–H groups in total. The Kier molecular flexibility index (Phi) is 5.22. The van der Waals surface area contributed by atoms with Crippen molar-refractivity contribution in [3.63, 3.8) is 0 Å². The number of carbonyl (C=O) groups excluding carboxylic acids is 1. The Morgan fingerprint density at radius 2 is 1.12 bits per heavy atom. The Labute approximate surface area is 154 Å². The van der Waals surface area contributed by atoms with Crippen molar-refractivity contribution in [2.24, 2.45) is 0 Å². The molecule has 0 heterocycles. The minimum atomic E-state index is -3.81. The quantitative estimate of drug-likeness (QED) is 0.539. The summed E-state index contributed by atoms with van der Waals surface area (Å²) in [4.78, 5) is 24.6. The van der Waals surface area contributed by atoms with Gasteiger partial charge < -0.3 is 0 Å². The van der Waals surface area contributed by atoms with Crippen LogP contribution in [-0.4, -0.2) is 24.1 Å². The van der Waals surface area contributed by atoms with Gasteiger partial charge >= 0.3 is 154 Å². The van der Waals surface area contributed by atoms with Gasteiger partial charge in [0.1, 0.15) is 0 Å². The summed E-state index contributed by atoms with van der Waals surface area (Å²) in [6.45, 7) is -3.81. The van der Waals surface area contributed by atoms with E-state index in [1.165, 1.54) is 7.11 Å². The Hall–Kier alpha value is -2.48. The molecule has 3 aromatic rings. The van der Waals surface area contributed by atoms with Gasteiger partial charge in [0.25, 0.3) is 0 Å². The predicted octanol–water partition coefficient (Wildman–Crippen LogP) is 2.99. The van der Waals surface area contributed by atoms with Crippen LogP contribution in [0.15, 0.2) is 91.0 Å². The molecule has 0 fully saturated rings. The van der Waals surface area contributed by atoms with Crippen molar-refractivity contribution in [3.05, 3.63) is 91.0 Å². The molecule has 3 rings (SSSR count). The van der Waals surface area contributed by atoms with Gasteiger partial charge in [-0.1, -0.05) is 0 Å². The van der Waals surface area contributed by atoms with E-state index in [2.05, 4.69) is 0 Å². The summed E-state index contributed by atoms with van der Waals surface area (Å²) in [5.41, 5.74) is 0. The van der Waals surface area contributed by atoms with Crippen molar-refractivity contribution < 1.29 is 14.4 Å². The van der Waals surface area contributed by atoms with Gasteiger partial charge in [-0.15, -0.1) is 0 Å². The van der Waals surface area contributed by atoms with Crippen molar-refractivity contribution in [1.82, 2.24) is 0 Å². The van der Waals surface area contributed by atoms with E-state index in [-0.39, 0.29) is 12.4 Å². The number of carbonyl (C=O) groups is 1. The third-order valence-corrected chi connectivity index (χ3v) is 10.2. The van der Waals surface area contributed by atoms with Gasteiger partial charge in [-0.25, -0.2) is 0 Å². The van der Waals surface area contributed by atoms with Gasteiger partial charge in [0.05, 0.1) is 0 Å². The number of methoxy groups -OCH3 is 1. The molecule has 0 atom stereocenters. The number of rotatable bonds is 6. The van der Waals surface area contributed by atoms with Crippen LogP contribution < -0.4 is 15.9 Å². The summed E-state index contributed by atoms with van der Waals surface area (Å²) in [7, 11) is 1.38. The van der Waals surface area contributed by atoms with Crippen molar-refractivity contribution in [2.45, 2.75) is 6.42 Å². The molecular formula is C22H23O3P. The fourth-order valence-electron chi connectivity index (χ4n) is 3.49. The molecule has 0 spiro atoms. The SMILES string of the molecule is COC(=O)CCP(O)(c1ccccc1)(c1ccccc1)c1ccccc1. The van der Waals surface area contributed by atoms with Gasteiger partial charge in [0, 0.05) is 0 Å². The van der Waals surface area contributed by atoms with Crippen LogP contribution in [-0.2, 0) is 9.53 Å². The summed E-state index contributed by atoms with van der Waals surface area (Å²) in [5.74, 6) is -0.323. The fourth-order valence-corrected chi connectivity index (χ4v) is 8.22. The molecule has 4 heteroatoms. The van der Waals surface area contributed by atoms with Crippen LogP contribution in [0, 0.1) is 0 Å². The Bertz CT molecular complexity index is 764. The molecule has 0 saturated carbocycles. The van der Waals surface area contributed by atoms with E-state index in [0.717, 1.165) is 15.9 Å². The van der Waals surface area contributed by atoms with E-state index in [1.807, 2.05) is 91.0 Å². The zero-order valence-electron chi connectivity index (χ0n) is 14.8. The van der Waals surface area contributed by atoms with Crippen LogP contribution >= 0.6 is 6.83 Å². The zero-order chi connectivity index (χ0) is 18.5. The molecule has 0 aliphatic carbocycles. The summed E-state index contributed by atoms with van der Waals surface area (Å²) in [6.07, 6.45) is 0.444. The molecule has 3 aromatic carbocycles. The Morgan fingerprint density at radius 1 is 0.769 bits per heavy atom. The van der Waals surface area contributed by atoms with Crippen molar-refractivity contribution in [2.75, 3.05) is 13.3 Å². The average Bonchev–Trinajstić information content (AvgIpc) is 2.74. The Morgan fingerprint density at radius 3 is 1.42 bits per heavy atom. The number of hydrogen-bond acceptors (Lipinski definition) is 3. The van der Waals surface area contributed by atoms with Crippen LogP contribution in [0.5, 0.6) is 0 Å². The fraction of sp³-hybridized carbons (Fsp3) is 0.136. The Balaban J connectivity index is 2.33. The van der Waals surface area contributed by atoms with Crippen LogP contribution in [0.2, 0.25) is 0 Å². The second-order valence-corrected chi connectivity index (χ2v) is 10.8. The van der Waals surface area contributed by atoms with Crippen LogP contribution in [0.4, 0.5) is 0 Å². The van der Waals surface area contributed by atoms with Gasteiger partial charge in [-0.3, -0.25) is 0 Å². The third-order valence-electron chi connectivity index (χ3n) is 4.92. The molecule has 0 amide bonds. The normalized spacial score (nSPS) is 12.8. The topological polar surface area (TPSA) is 46.5 Å². The molecule has 0 saturated heterocycles. The first-order valence-corrected chi connectivity index (χ1v) is 11.0. The van der Waals surface area contributed by atoms with E-state index < -0.39 is 6.83 Å². The number of hydrogen-bond donors (Lipinski definition) is 1. The summed E-state index contributed by atoms with van der Waals surface area (Å²) < 4.78 is 4.87. The number of ether oxygens (including phenoxy) is 1. The first kappa shape index (κ1) is 18.3. The molecule has 0 aliphatic rings. The number of esters is 1. The molecule has 0 aliphatic heterocycles. The molecule has 26 heavy (non-hydrogen) atoms. The summed E-state index contributed by atoms with van der Waals surface area (Å²) in [6, 6.07) is 29.1. The van der Waals surface area contributed by atoms with Crippen molar-refractivity contribution in [3.8, 4) is 0 Å². The maximum atomic E-state index is 12.7. The molecular weight excluding hydrogens is 343 g/mol. The average molecular weight is 366 g/mol. The van der Waals surface area contributed by atoms with Crippen molar-refractivity contribution in [1.29, 1.82) is 0 Å². The van der Waals surface area contributed by atoms with E-state index in [1.54, 1.807) is 0 Å². The first-order chi connectivity index (χ1) is 12.6. The van der Waals surface area contributed by atoms with Gasteiger partial charge in [-0.2, -0.15) is 0 Å². The van der Waals surface area contributed by atoms with Crippen LogP contribution in [0.25, 0.3) is 0 Å². The zero-order valence-corrected chi connectivity index (χ0v) is 15.7. The number of benzene rings is 3. The third kappa shape index (κ3) is 3.05. The van der Waals surface area contributed by atoms with E-state index in [9.17, 15) is 9.69 Å². The minimum absolute atomic E-state index is 0.142. The van der Waals surface area contributed by atoms with Gasteiger partial charge in [0.15, 0.2) is 0 Å². The standard InChI is InChI=1S/C22H23O3P/c1-25-22(23)17-18-26(24,19-11-5-2-6-12-19,20-13-7-3-8-14-20)21-15-9-4-10-16-21/h2-16,24H,17-18H2,1H3. The molecule has 134 valence electrons. The van der Waals surface area contributed by atoms with Crippen LogP contribution in [0.3, 0.4) is 0 Å². The van der Waals surface area contributed by atoms with Crippen LogP contribution in [0.1, 0.15) is 6.42 Å². The summed E-state index contributed by atoms with van der Waals surface area (Å²) in [5, 5.41) is 2.54. The first-order valence-electron chi connectivity index (χ1n) is 8.59.